The van der Waals surface area contributed by atoms with Crippen LogP contribution in [0.5, 0.6) is 0 Å². The summed E-state index contributed by atoms with van der Waals surface area (Å²) in [5, 5.41) is 12.3. The molecule has 3 atom stereocenters. The van der Waals surface area contributed by atoms with Crippen LogP contribution in [0.15, 0.2) is 52.9 Å². The van der Waals surface area contributed by atoms with Crippen LogP contribution in [-0.4, -0.2) is 28.2 Å². The first-order valence-electron chi connectivity index (χ1n) is 10.7. The zero-order valence-electron chi connectivity index (χ0n) is 18.0. The van der Waals surface area contributed by atoms with E-state index in [0.717, 1.165) is 29.7 Å². The molecule has 0 saturated carbocycles. The van der Waals surface area contributed by atoms with E-state index < -0.39 is 0 Å². The third kappa shape index (κ3) is 4.59. The average Bonchev–Trinajstić information content (AvgIpc) is 3.24. The van der Waals surface area contributed by atoms with Crippen molar-refractivity contribution in [3.05, 3.63) is 65.0 Å². The molecule has 1 aliphatic heterocycles. The summed E-state index contributed by atoms with van der Waals surface area (Å²) in [7, 11) is 0. The summed E-state index contributed by atoms with van der Waals surface area (Å²) in [4.78, 5) is 15.2. The number of fused-ring (bicyclic) bond motifs is 1. The summed E-state index contributed by atoms with van der Waals surface area (Å²) >= 11 is 5.97. The third-order valence-corrected chi connectivity index (χ3v) is 6.16. The van der Waals surface area contributed by atoms with Gasteiger partial charge >= 0.3 is 0 Å². The smallest absolute Gasteiger partial charge is 0.247 e. The number of anilines is 1. The number of carbonyl (C=O) groups excluding carboxylic acids is 1. The van der Waals surface area contributed by atoms with Crippen LogP contribution >= 0.6 is 11.6 Å². The second-order valence-electron chi connectivity index (χ2n) is 8.15. The number of aromatic nitrogens is 2. The highest BCUT2D eigenvalue weighted by Crippen LogP contribution is 2.39. The normalized spacial score (nSPS) is 19.0. The van der Waals surface area contributed by atoms with Crippen LogP contribution in [0.4, 0.5) is 5.69 Å². The van der Waals surface area contributed by atoms with Gasteiger partial charge in [0.1, 0.15) is 0 Å². The molecule has 0 spiro atoms. The summed E-state index contributed by atoms with van der Waals surface area (Å²) in [6.45, 7) is 6.73. The van der Waals surface area contributed by atoms with E-state index >= 15 is 0 Å². The van der Waals surface area contributed by atoms with Crippen molar-refractivity contribution >= 4 is 23.2 Å². The Morgan fingerprint density at radius 3 is 2.71 bits per heavy atom. The monoisotopic (exact) mass is 438 g/mol. The molecule has 162 valence electrons. The Labute approximate surface area is 187 Å². The summed E-state index contributed by atoms with van der Waals surface area (Å²) in [5.41, 5.74) is 2.91. The molecule has 0 bridgehead atoms. The Morgan fingerprint density at radius 1 is 1.23 bits per heavy atom. The van der Waals surface area contributed by atoms with Gasteiger partial charge in [-0.2, -0.15) is 0 Å². The van der Waals surface area contributed by atoms with E-state index in [1.807, 2.05) is 37.3 Å². The lowest BCUT2D eigenvalue weighted by Gasteiger charge is -2.39. The zero-order chi connectivity index (χ0) is 22.0. The van der Waals surface area contributed by atoms with E-state index in [1.54, 1.807) is 12.1 Å². The lowest BCUT2D eigenvalue weighted by Crippen LogP contribution is -2.44. The highest BCUT2D eigenvalue weighted by molar-refractivity contribution is 6.30. The van der Waals surface area contributed by atoms with E-state index in [2.05, 4.69) is 40.3 Å². The Balaban J connectivity index is 1.57. The van der Waals surface area contributed by atoms with E-state index in [1.165, 1.54) is 0 Å². The molecule has 0 unspecified atom stereocenters. The maximum absolute atomic E-state index is 12.9. The van der Waals surface area contributed by atoms with Crippen LogP contribution in [0.3, 0.4) is 0 Å². The Kier molecular flexibility index (Phi) is 6.28. The van der Waals surface area contributed by atoms with Crippen LogP contribution < -0.4 is 10.2 Å². The molecule has 31 heavy (non-hydrogen) atoms. The van der Waals surface area contributed by atoms with Gasteiger partial charge in [0.15, 0.2) is 0 Å². The van der Waals surface area contributed by atoms with Crippen LogP contribution in [0, 0.1) is 0 Å². The first kappa shape index (κ1) is 21.4. The minimum Gasteiger partial charge on any atom is -0.419 e. The molecule has 7 heteroatoms. The first-order chi connectivity index (χ1) is 15.0. The number of nitrogens with one attached hydrogen (secondary N) is 1. The van der Waals surface area contributed by atoms with Crippen LogP contribution in [0.25, 0.3) is 11.5 Å². The molecule has 1 aliphatic rings. The van der Waals surface area contributed by atoms with E-state index in [9.17, 15) is 4.79 Å². The van der Waals surface area contributed by atoms with Crippen molar-refractivity contribution < 1.29 is 9.21 Å². The van der Waals surface area contributed by atoms with Gasteiger partial charge in [-0.3, -0.25) is 4.79 Å². The number of benzene rings is 2. The summed E-state index contributed by atoms with van der Waals surface area (Å²) in [5.74, 6) is 0.935. The van der Waals surface area contributed by atoms with Crippen molar-refractivity contribution in [3.63, 3.8) is 0 Å². The van der Waals surface area contributed by atoms with Gasteiger partial charge in [0.2, 0.25) is 17.7 Å². The summed E-state index contributed by atoms with van der Waals surface area (Å²) in [6, 6.07) is 15.7. The highest BCUT2D eigenvalue weighted by atomic mass is 35.5. The van der Waals surface area contributed by atoms with Crippen LogP contribution in [0.1, 0.15) is 51.0 Å². The van der Waals surface area contributed by atoms with Gasteiger partial charge in [0.25, 0.3) is 0 Å². The van der Waals surface area contributed by atoms with E-state index in [-0.39, 0.29) is 23.9 Å². The lowest BCUT2D eigenvalue weighted by atomic mass is 9.85. The Hall–Kier alpha value is -2.86. The molecular formula is C24H27ClN4O2. The number of hydrogen-bond acceptors (Lipinski definition) is 5. The molecule has 0 saturated heterocycles. The minimum atomic E-state index is -0.163. The van der Waals surface area contributed by atoms with Crippen molar-refractivity contribution in [2.75, 3.05) is 4.90 Å². The number of halogens is 1. The number of para-hydroxylation sites is 1. The molecule has 3 aromatic rings. The van der Waals surface area contributed by atoms with Gasteiger partial charge in [-0.1, -0.05) is 36.7 Å². The van der Waals surface area contributed by atoms with Gasteiger partial charge in [-0.05, 0) is 62.6 Å². The quantitative estimate of drug-likeness (QED) is 0.573. The second-order valence-corrected chi connectivity index (χ2v) is 8.59. The topological polar surface area (TPSA) is 71.3 Å². The van der Waals surface area contributed by atoms with Gasteiger partial charge in [-0.25, -0.2) is 0 Å². The van der Waals surface area contributed by atoms with Crippen LogP contribution in [0.2, 0.25) is 5.02 Å². The number of carbonyl (C=O) groups is 1. The molecule has 1 aromatic heterocycles. The molecular weight excluding hydrogens is 412 g/mol. The molecule has 6 nitrogen and oxygen atoms in total. The van der Waals surface area contributed by atoms with Crippen molar-refractivity contribution in [1.29, 1.82) is 0 Å². The summed E-state index contributed by atoms with van der Waals surface area (Å²) in [6.07, 6.45) is 1.65. The second kappa shape index (κ2) is 9.10. The van der Waals surface area contributed by atoms with E-state index in [4.69, 9.17) is 16.0 Å². The lowest BCUT2D eigenvalue weighted by molar-refractivity contribution is -0.123. The van der Waals surface area contributed by atoms with Gasteiger partial charge in [0, 0.05) is 28.4 Å². The number of hydrogen-bond donors (Lipinski definition) is 1. The fourth-order valence-corrected chi connectivity index (χ4v) is 4.11. The first-order valence-corrected chi connectivity index (χ1v) is 11.1. The zero-order valence-corrected chi connectivity index (χ0v) is 18.8. The van der Waals surface area contributed by atoms with Gasteiger partial charge in [-0.15, -0.1) is 10.2 Å². The molecule has 0 radical (unpaired) electrons. The molecule has 1 N–H and O–H groups in total. The predicted molar refractivity (Wildman–Crippen MR) is 122 cm³/mol. The Morgan fingerprint density at radius 2 is 1.97 bits per heavy atom. The number of rotatable bonds is 6. The molecule has 1 amide bonds. The standard InChI is InChI=1S/C24H27ClN4O2/c1-4-15(2)26-23(30)20-13-16(3)29(21-8-6-5-7-19(20)21)14-22-27-28-24(31-22)17-9-11-18(25)12-10-17/h5-12,15-16,20H,4,13-14H2,1-3H3,(H,26,30)/t15-,16-,20+/m0/s1. The van der Waals surface area contributed by atoms with Gasteiger partial charge < -0.3 is 14.6 Å². The maximum atomic E-state index is 12.9. The largest absolute Gasteiger partial charge is 0.419 e. The Bertz CT molecular complexity index is 1050. The van der Waals surface area contributed by atoms with Crippen LogP contribution in [-0.2, 0) is 11.3 Å². The van der Waals surface area contributed by atoms with Crippen molar-refractivity contribution in [2.24, 2.45) is 0 Å². The van der Waals surface area contributed by atoms with E-state index in [0.29, 0.717) is 23.3 Å². The van der Waals surface area contributed by atoms with Crippen molar-refractivity contribution in [1.82, 2.24) is 15.5 Å². The molecule has 0 aliphatic carbocycles. The SMILES string of the molecule is CC[C@H](C)NC(=O)[C@@H]1C[C@H](C)N(Cc2nnc(-c3ccc(Cl)cc3)o2)c2ccccc21. The predicted octanol–water partition coefficient (Wildman–Crippen LogP) is 5.19. The number of nitrogens with zero attached hydrogens (tertiary/aromatic N) is 3. The molecule has 0 fully saturated rings. The highest BCUT2D eigenvalue weighted by Gasteiger charge is 2.35. The third-order valence-electron chi connectivity index (χ3n) is 5.91. The molecule has 2 aromatic carbocycles. The van der Waals surface area contributed by atoms with Crippen molar-refractivity contribution in [2.45, 2.75) is 58.2 Å². The average molecular weight is 439 g/mol. The molecule has 2 heterocycles. The fourth-order valence-electron chi connectivity index (χ4n) is 3.98. The minimum absolute atomic E-state index is 0.0936. The maximum Gasteiger partial charge on any atom is 0.247 e. The summed E-state index contributed by atoms with van der Waals surface area (Å²) < 4.78 is 5.93. The van der Waals surface area contributed by atoms with Gasteiger partial charge in [0.05, 0.1) is 12.5 Å². The number of amides is 1. The fraction of sp³-hybridized carbons (Fsp3) is 0.375. The van der Waals surface area contributed by atoms with Crippen molar-refractivity contribution in [3.8, 4) is 11.5 Å². The molecule has 4 rings (SSSR count).